The van der Waals surface area contributed by atoms with Crippen LogP contribution in [-0.4, -0.2) is 61.5 Å². The van der Waals surface area contributed by atoms with Gasteiger partial charge >= 0.3 is 0 Å². The molecule has 7 nitrogen and oxygen atoms in total. The molecule has 154 valence electrons. The van der Waals surface area contributed by atoms with E-state index < -0.39 is 0 Å². The molecule has 2 aromatic rings. The molecule has 2 heterocycles. The molecule has 0 saturated carbocycles. The van der Waals surface area contributed by atoms with Crippen molar-refractivity contribution in [1.29, 1.82) is 0 Å². The monoisotopic (exact) mass is 398 g/mol. The Bertz CT molecular complexity index is 847. The van der Waals surface area contributed by atoms with Gasteiger partial charge in [-0.05, 0) is 30.7 Å². The lowest BCUT2D eigenvalue weighted by atomic mass is 10.2. The Hall–Kier alpha value is -3.16. The van der Waals surface area contributed by atoms with Gasteiger partial charge in [-0.25, -0.2) is 9.37 Å². The number of guanidine groups is 1. The number of amides is 1. The molecule has 1 fully saturated rings. The van der Waals surface area contributed by atoms with Crippen LogP contribution >= 0.6 is 0 Å². The number of carbonyl (C=O) groups excluding carboxylic acids is 1. The smallest absolute Gasteiger partial charge is 0.227 e. The number of carbonyl (C=O) groups is 1. The van der Waals surface area contributed by atoms with Gasteiger partial charge in [0.05, 0.1) is 5.69 Å². The minimum atomic E-state index is -0.197. The molecule has 1 aliphatic heterocycles. The minimum absolute atomic E-state index is 0.103. The lowest BCUT2D eigenvalue weighted by Gasteiger charge is -2.37. The molecule has 1 aromatic carbocycles. The van der Waals surface area contributed by atoms with Crippen LogP contribution in [-0.2, 0) is 4.79 Å². The summed E-state index contributed by atoms with van der Waals surface area (Å²) in [5.74, 6) is 1.000. The van der Waals surface area contributed by atoms with Crippen LogP contribution in [0, 0.1) is 12.7 Å². The fourth-order valence-corrected chi connectivity index (χ4v) is 3.23. The predicted octanol–water partition coefficient (Wildman–Crippen LogP) is 2.26. The van der Waals surface area contributed by atoms with Gasteiger partial charge in [-0.1, -0.05) is 18.2 Å². The molecule has 1 amide bonds. The van der Waals surface area contributed by atoms with Gasteiger partial charge in [-0.15, -0.1) is 0 Å². The lowest BCUT2D eigenvalue weighted by molar-refractivity contribution is -0.116. The number of anilines is 2. The van der Waals surface area contributed by atoms with Crippen molar-refractivity contribution in [3.05, 3.63) is 54.0 Å². The first-order chi connectivity index (χ1) is 14.1. The highest BCUT2D eigenvalue weighted by Gasteiger charge is 2.21. The first-order valence-corrected chi connectivity index (χ1v) is 9.74. The highest BCUT2D eigenvalue weighted by atomic mass is 19.1. The number of piperazine rings is 1. The van der Waals surface area contributed by atoms with Crippen LogP contribution < -0.4 is 15.5 Å². The Morgan fingerprint density at radius 3 is 2.59 bits per heavy atom. The van der Waals surface area contributed by atoms with Gasteiger partial charge in [0.15, 0.2) is 5.96 Å². The maximum atomic E-state index is 14.0. The second kappa shape index (κ2) is 9.86. The van der Waals surface area contributed by atoms with Crippen LogP contribution in [0.4, 0.5) is 15.9 Å². The molecule has 2 N–H and O–H groups in total. The van der Waals surface area contributed by atoms with Gasteiger partial charge in [-0.2, -0.15) is 0 Å². The van der Waals surface area contributed by atoms with Crippen molar-refractivity contribution in [3.63, 3.8) is 0 Å². The first-order valence-electron chi connectivity index (χ1n) is 9.74. The second-order valence-corrected chi connectivity index (χ2v) is 6.92. The Kier molecular flexibility index (Phi) is 6.99. The van der Waals surface area contributed by atoms with E-state index in [2.05, 4.69) is 25.5 Å². The molecule has 1 aliphatic rings. The Morgan fingerprint density at radius 2 is 1.93 bits per heavy atom. The van der Waals surface area contributed by atoms with Crippen LogP contribution in [0.3, 0.4) is 0 Å². The number of aromatic nitrogens is 1. The molecule has 0 unspecified atom stereocenters. The summed E-state index contributed by atoms with van der Waals surface area (Å²) in [5.41, 5.74) is 1.68. The zero-order valence-electron chi connectivity index (χ0n) is 16.9. The number of nitrogens with zero attached hydrogens (tertiary/aromatic N) is 4. The minimum Gasteiger partial charge on any atom is -0.366 e. The van der Waals surface area contributed by atoms with Crippen LogP contribution in [0.1, 0.15) is 12.0 Å². The molecule has 1 saturated heterocycles. The van der Waals surface area contributed by atoms with Crippen molar-refractivity contribution >= 4 is 23.4 Å². The maximum absolute atomic E-state index is 14.0. The number of pyridine rings is 1. The summed E-state index contributed by atoms with van der Waals surface area (Å²) in [6.45, 7) is 5.30. The number of hydrogen-bond donors (Lipinski definition) is 2. The molecule has 0 aliphatic carbocycles. The zero-order chi connectivity index (χ0) is 20.6. The summed E-state index contributed by atoms with van der Waals surface area (Å²) in [6.07, 6.45) is 2.03. The van der Waals surface area contributed by atoms with Crippen LogP contribution in [0.2, 0.25) is 0 Å². The van der Waals surface area contributed by atoms with E-state index in [9.17, 15) is 9.18 Å². The number of halogens is 1. The fourth-order valence-electron chi connectivity index (χ4n) is 3.23. The van der Waals surface area contributed by atoms with E-state index in [-0.39, 0.29) is 11.7 Å². The lowest BCUT2D eigenvalue weighted by Crippen LogP contribution is -2.53. The van der Waals surface area contributed by atoms with E-state index in [1.807, 2.05) is 24.0 Å². The largest absolute Gasteiger partial charge is 0.366 e. The standard InChI is InChI=1S/C21H27FN6O/c1-16-7-8-19(25-15-16)26-20(29)9-10-24-21(23-2)28-13-11-27(12-14-28)18-6-4-3-5-17(18)22/h3-8,15H,9-14H2,1-2H3,(H,23,24)(H,25,26,29). The normalized spacial score (nSPS) is 14.7. The number of rotatable bonds is 5. The Labute approximate surface area is 170 Å². The van der Waals surface area contributed by atoms with E-state index >= 15 is 0 Å². The van der Waals surface area contributed by atoms with Gasteiger partial charge in [0.25, 0.3) is 0 Å². The molecule has 0 atom stereocenters. The molecule has 8 heteroatoms. The second-order valence-electron chi connectivity index (χ2n) is 6.92. The SMILES string of the molecule is CN=C(NCCC(=O)Nc1ccc(C)cn1)N1CCN(c2ccccc2F)CC1. The van der Waals surface area contributed by atoms with E-state index in [0.717, 1.165) is 24.6 Å². The third kappa shape index (κ3) is 5.66. The predicted molar refractivity (Wildman–Crippen MR) is 114 cm³/mol. The van der Waals surface area contributed by atoms with E-state index in [0.29, 0.717) is 37.6 Å². The summed E-state index contributed by atoms with van der Waals surface area (Å²) >= 11 is 0. The summed E-state index contributed by atoms with van der Waals surface area (Å²) in [4.78, 5) is 24.7. The fraction of sp³-hybridized carbons (Fsp3) is 0.381. The third-order valence-electron chi connectivity index (χ3n) is 4.80. The van der Waals surface area contributed by atoms with Crippen molar-refractivity contribution in [1.82, 2.24) is 15.2 Å². The topological polar surface area (TPSA) is 72.9 Å². The van der Waals surface area contributed by atoms with E-state index in [1.165, 1.54) is 6.07 Å². The molecule has 29 heavy (non-hydrogen) atoms. The number of aryl methyl sites for hydroxylation is 1. The summed E-state index contributed by atoms with van der Waals surface area (Å²) in [7, 11) is 1.72. The van der Waals surface area contributed by atoms with E-state index in [4.69, 9.17) is 0 Å². The third-order valence-corrected chi connectivity index (χ3v) is 4.80. The van der Waals surface area contributed by atoms with Crippen molar-refractivity contribution in [3.8, 4) is 0 Å². The number of para-hydroxylation sites is 1. The maximum Gasteiger partial charge on any atom is 0.227 e. The zero-order valence-corrected chi connectivity index (χ0v) is 16.9. The van der Waals surface area contributed by atoms with Crippen molar-refractivity contribution in [2.45, 2.75) is 13.3 Å². The molecule has 3 rings (SSSR count). The molecule has 0 bridgehead atoms. The molecule has 1 aromatic heterocycles. The summed E-state index contributed by atoms with van der Waals surface area (Å²) < 4.78 is 14.0. The number of benzene rings is 1. The molecular formula is C21H27FN6O. The Morgan fingerprint density at radius 1 is 1.17 bits per heavy atom. The van der Waals surface area contributed by atoms with Crippen molar-refractivity contribution < 1.29 is 9.18 Å². The van der Waals surface area contributed by atoms with E-state index in [1.54, 1.807) is 31.4 Å². The van der Waals surface area contributed by atoms with Gasteiger partial charge in [0.2, 0.25) is 5.91 Å². The van der Waals surface area contributed by atoms with Crippen LogP contribution in [0.5, 0.6) is 0 Å². The van der Waals surface area contributed by atoms with Gasteiger partial charge in [0.1, 0.15) is 11.6 Å². The summed E-state index contributed by atoms with van der Waals surface area (Å²) in [6, 6.07) is 10.5. The highest BCUT2D eigenvalue weighted by Crippen LogP contribution is 2.20. The van der Waals surface area contributed by atoms with Gasteiger partial charge < -0.3 is 20.4 Å². The quantitative estimate of drug-likeness (QED) is 0.597. The van der Waals surface area contributed by atoms with Crippen molar-refractivity contribution in [2.75, 3.05) is 50.0 Å². The molecule has 0 spiro atoms. The molecular weight excluding hydrogens is 371 g/mol. The number of hydrogen-bond acceptors (Lipinski definition) is 4. The van der Waals surface area contributed by atoms with Gasteiger partial charge in [-0.3, -0.25) is 9.79 Å². The Balaban J connectivity index is 1.43. The number of aliphatic imine (C=N–C) groups is 1. The van der Waals surface area contributed by atoms with Crippen LogP contribution in [0.25, 0.3) is 0 Å². The average molecular weight is 398 g/mol. The van der Waals surface area contributed by atoms with Gasteiger partial charge in [0, 0.05) is 52.4 Å². The summed E-state index contributed by atoms with van der Waals surface area (Å²) in [5, 5.41) is 6.02. The number of nitrogens with one attached hydrogen (secondary N) is 2. The molecule has 0 radical (unpaired) electrons. The van der Waals surface area contributed by atoms with Crippen molar-refractivity contribution in [2.24, 2.45) is 4.99 Å². The first kappa shape index (κ1) is 20.6. The highest BCUT2D eigenvalue weighted by molar-refractivity contribution is 5.90. The van der Waals surface area contributed by atoms with Crippen LogP contribution in [0.15, 0.2) is 47.6 Å². The average Bonchev–Trinajstić information content (AvgIpc) is 2.74.